The summed E-state index contributed by atoms with van der Waals surface area (Å²) in [5, 5.41) is 2.45. The fourth-order valence-corrected chi connectivity index (χ4v) is 11.0. The lowest BCUT2D eigenvalue weighted by Crippen LogP contribution is -2.44. The van der Waals surface area contributed by atoms with Crippen LogP contribution in [0.5, 0.6) is 0 Å². The average molecular weight is 597 g/mol. The highest BCUT2D eigenvalue weighted by molar-refractivity contribution is 6.96. The predicted octanol–water partition coefficient (Wildman–Crippen LogP) is 7.56. The maximum atomic E-state index is 12.8. The Kier molecular flexibility index (Phi) is 13.0. The van der Waals surface area contributed by atoms with Crippen LogP contribution in [0.25, 0.3) is 0 Å². The van der Waals surface area contributed by atoms with Gasteiger partial charge in [-0.05, 0) is 37.1 Å². The van der Waals surface area contributed by atoms with Gasteiger partial charge in [-0.1, -0.05) is 119 Å². The smallest absolute Gasteiger partial charge is 0.290 e. The lowest BCUT2D eigenvalue weighted by Gasteiger charge is -2.32. The van der Waals surface area contributed by atoms with Crippen LogP contribution in [0.15, 0.2) is 73.1 Å². The second kappa shape index (κ2) is 15.4. The molecular weight excluding hydrogens is 549 g/mol. The Morgan fingerprint density at radius 3 is 1.24 bits per heavy atom. The van der Waals surface area contributed by atoms with Gasteiger partial charge >= 0.3 is 11.9 Å². The molecule has 0 N–H and O–H groups in total. The summed E-state index contributed by atoms with van der Waals surface area (Å²) in [7, 11) is -3.56. The van der Waals surface area contributed by atoms with Crippen molar-refractivity contribution in [1.82, 2.24) is 0 Å². The van der Waals surface area contributed by atoms with Gasteiger partial charge in [-0.25, -0.2) is 9.59 Å². The minimum Gasteiger partial charge on any atom is -0.290 e. The van der Waals surface area contributed by atoms with E-state index in [0.717, 1.165) is 24.2 Å². The number of benzene rings is 2. The van der Waals surface area contributed by atoms with Crippen LogP contribution in [0.3, 0.4) is 0 Å². The van der Waals surface area contributed by atoms with Crippen molar-refractivity contribution in [2.24, 2.45) is 5.41 Å². The quantitative estimate of drug-likeness (QED) is 0.0812. The van der Waals surface area contributed by atoms with Gasteiger partial charge in [0.1, 0.15) is 16.1 Å². The lowest BCUT2D eigenvalue weighted by molar-refractivity contribution is -0.445. The van der Waals surface area contributed by atoms with Crippen LogP contribution in [-0.4, -0.2) is 34.4 Å². The van der Waals surface area contributed by atoms with Crippen LogP contribution in [-0.2, 0) is 19.6 Å². The van der Waals surface area contributed by atoms with E-state index in [1.165, 1.54) is 10.4 Å². The van der Waals surface area contributed by atoms with E-state index in [2.05, 4.69) is 52.3 Å². The molecule has 6 nitrogen and oxygen atoms in total. The summed E-state index contributed by atoms with van der Waals surface area (Å²) in [5.41, 5.74) is 4.34. The van der Waals surface area contributed by atoms with Gasteiger partial charge < -0.3 is 0 Å². The number of carbonyl (C=O) groups is 2. The topological polar surface area (TPSA) is 71.1 Å². The van der Waals surface area contributed by atoms with Crippen LogP contribution in [0.4, 0.5) is 0 Å². The van der Waals surface area contributed by atoms with Gasteiger partial charge in [0.2, 0.25) is 0 Å². The molecule has 0 fully saturated rings. The maximum Gasteiger partial charge on any atom is 0.373 e. The van der Waals surface area contributed by atoms with E-state index in [1.54, 1.807) is 24.3 Å². The lowest BCUT2D eigenvalue weighted by atomic mass is 9.84. The van der Waals surface area contributed by atoms with Crippen LogP contribution in [0.1, 0.15) is 82.0 Å². The molecule has 0 aliphatic heterocycles. The first kappa shape index (κ1) is 34.4. The molecule has 2 aromatic carbocycles. The second-order valence-corrected chi connectivity index (χ2v) is 20.3. The van der Waals surface area contributed by atoms with Gasteiger partial charge in [-0.2, -0.15) is 0 Å². The number of rotatable bonds is 17. The molecule has 0 unspecified atom stereocenters. The van der Waals surface area contributed by atoms with Gasteiger partial charge in [0.25, 0.3) is 6.29 Å². The highest BCUT2D eigenvalue weighted by Crippen LogP contribution is 2.33. The zero-order valence-corrected chi connectivity index (χ0v) is 28.0. The van der Waals surface area contributed by atoms with E-state index >= 15 is 0 Å². The molecule has 0 aliphatic carbocycles. The molecule has 0 spiro atoms. The Morgan fingerprint density at radius 2 is 1.00 bits per heavy atom. The van der Waals surface area contributed by atoms with Crippen LogP contribution < -0.4 is 10.4 Å². The van der Waals surface area contributed by atoms with Gasteiger partial charge in [-0.15, -0.1) is 22.9 Å². The summed E-state index contributed by atoms with van der Waals surface area (Å²) >= 11 is 0. The van der Waals surface area contributed by atoms with Gasteiger partial charge in [0, 0.05) is 5.41 Å². The van der Waals surface area contributed by atoms with Crippen molar-refractivity contribution in [2.75, 3.05) is 0 Å². The van der Waals surface area contributed by atoms with Crippen LogP contribution >= 0.6 is 0 Å². The third-order valence-electron chi connectivity index (χ3n) is 9.30. The molecule has 0 atom stereocenters. The Morgan fingerprint density at radius 1 is 0.683 bits per heavy atom. The van der Waals surface area contributed by atoms with E-state index in [4.69, 9.17) is 19.6 Å². The van der Waals surface area contributed by atoms with Crippen molar-refractivity contribution in [3.05, 3.63) is 84.2 Å². The molecule has 0 saturated heterocycles. The molecule has 0 radical (unpaired) electrons. The Bertz CT molecular complexity index is 1060. The number of hydrogen-bond donors (Lipinski definition) is 0. The first-order valence-corrected chi connectivity index (χ1v) is 19.8. The summed E-state index contributed by atoms with van der Waals surface area (Å²) in [4.78, 5) is 47.1. The summed E-state index contributed by atoms with van der Waals surface area (Å²) in [6, 6.07) is 19.1. The molecular formula is C33H48O6Si2. The molecule has 0 aliphatic rings. The van der Waals surface area contributed by atoms with Crippen molar-refractivity contribution in [3.63, 3.8) is 0 Å². The largest absolute Gasteiger partial charge is 0.373 e. The zero-order valence-electron chi connectivity index (χ0n) is 26.0. The van der Waals surface area contributed by atoms with Gasteiger partial charge in [-0.3, -0.25) is 9.78 Å². The summed E-state index contributed by atoms with van der Waals surface area (Å²) < 4.78 is 0. The molecule has 224 valence electrons. The van der Waals surface area contributed by atoms with E-state index in [1.807, 2.05) is 45.0 Å². The predicted molar refractivity (Wildman–Crippen MR) is 171 cm³/mol. The molecule has 0 saturated carbocycles. The maximum absolute atomic E-state index is 12.8. The minimum absolute atomic E-state index is 0.358. The fourth-order valence-electron chi connectivity index (χ4n) is 5.11. The normalized spacial score (nSPS) is 12.2. The molecule has 41 heavy (non-hydrogen) atoms. The molecule has 0 heterocycles. The third kappa shape index (κ3) is 7.74. The third-order valence-corrected chi connectivity index (χ3v) is 18.9. The van der Waals surface area contributed by atoms with E-state index in [-0.39, 0.29) is 0 Å². The van der Waals surface area contributed by atoms with Crippen molar-refractivity contribution in [2.45, 2.75) is 91.8 Å². The van der Waals surface area contributed by atoms with E-state index in [9.17, 15) is 9.59 Å². The Balaban J connectivity index is 2.13. The van der Waals surface area contributed by atoms with Gasteiger partial charge in [0.05, 0.1) is 11.1 Å². The molecule has 0 aromatic heterocycles. The average Bonchev–Trinajstić information content (AvgIpc) is 3.03. The SMILES string of the molecule is C=C[Si](CC)(CC)c1ccc(C(=O)OOC(OOC(=O)c2ccc([Si](C=C)(CC)CC)cc2)C(C)(CC)CC)cc1. The summed E-state index contributed by atoms with van der Waals surface area (Å²) in [6.07, 6.45) is 0.153. The molecule has 8 heteroatoms. The molecule has 0 bridgehead atoms. The van der Waals surface area contributed by atoms with Crippen LogP contribution in [0, 0.1) is 5.41 Å². The number of hydrogen-bond acceptors (Lipinski definition) is 6. The van der Waals surface area contributed by atoms with Crippen LogP contribution in [0.2, 0.25) is 24.2 Å². The first-order valence-electron chi connectivity index (χ1n) is 14.8. The van der Waals surface area contributed by atoms with Crippen molar-refractivity contribution < 1.29 is 29.1 Å². The number of carbonyl (C=O) groups excluding carboxylic acids is 2. The highest BCUT2D eigenvalue weighted by Gasteiger charge is 2.38. The Labute approximate surface area is 248 Å². The van der Waals surface area contributed by atoms with E-state index in [0.29, 0.717) is 24.0 Å². The molecule has 2 aromatic rings. The second-order valence-electron chi connectivity index (χ2n) is 10.9. The highest BCUT2D eigenvalue weighted by atomic mass is 28.3. The molecule has 2 rings (SSSR count). The zero-order chi connectivity index (χ0) is 30.7. The molecule has 0 amide bonds. The standard InChI is InChI=1S/C33H48O6Si2/c1-10-33(9,11-2)32(38-36-30(34)26-18-22-28(23-19-26)40(12-3,13-4)14-5)39-37-31(35)27-20-24-29(25-21-27)41(15-6,16-7)17-8/h12,15,18-25,32H,3,6,10-11,13-14,16-17H2,1-2,4-5,7-9H3. The van der Waals surface area contributed by atoms with Gasteiger partial charge in [0.15, 0.2) is 0 Å². The minimum atomic E-state index is -1.78. The van der Waals surface area contributed by atoms with Crippen molar-refractivity contribution in [1.29, 1.82) is 0 Å². The monoisotopic (exact) mass is 596 g/mol. The van der Waals surface area contributed by atoms with E-state index < -0.39 is 39.8 Å². The Hall–Kier alpha value is -2.79. The summed E-state index contributed by atoms with van der Waals surface area (Å²) in [6.45, 7) is 22.7. The van der Waals surface area contributed by atoms with Crippen molar-refractivity contribution in [3.8, 4) is 0 Å². The van der Waals surface area contributed by atoms with Crippen molar-refractivity contribution >= 4 is 38.5 Å². The first-order chi connectivity index (χ1) is 19.6. The fraction of sp³-hybridized carbons (Fsp3) is 0.455. The summed E-state index contributed by atoms with van der Waals surface area (Å²) in [5.74, 6) is -1.30.